The minimum atomic E-state index is -0.951. The molecular formula is C13H19N3O3S. The van der Waals surface area contributed by atoms with Gasteiger partial charge in [-0.2, -0.15) is 0 Å². The molecule has 1 saturated heterocycles. The fourth-order valence-electron chi connectivity index (χ4n) is 2.36. The molecule has 0 saturated carbocycles. The molecule has 0 aliphatic carbocycles. The number of aromatic nitrogens is 1. The SMILES string of the molecule is CC1CCN(C(=O)c2csc(C(C)N)n2)C(C(=O)O)C1. The Morgan fingerprint density at radius 2 is 2.30 bits per heavy atom. The van der Waals surface area contributed by atoms with E-state index < -0.39 is 12.0 Å². The van der Waals surface area contributed by atoms with Crippen LogP contribution in [0.15, 0.2) is 5.38 Å². The lowest BCUT2D eigenvalue weighted by atomic mass is 9.92. The van der Waals surface area contributed by atoms with Crippen molar-refractivity contribution in [1.82, 2.24) is 9.88 Å². The monoisotopic (exact) mass is 297 g/mol. The number of carbonyl (C=O) groups is 2. The van der Waals surface area contributed by atoms with Gasteiger partial charge in [0.1, 0.15) is 16.7 Å². The lowest BCUT2D eigenvalue weighted by Gasteiger charge is -2.35. The standard InChI is InChI=1S/C13H19N3O3S/c1-7-3-4-16(10(5-7)13(18)19)12(17)9-6-20-11(15-9)8(2)14/h6-8,10H,3-5,14H2,1-2H3,(H,18,19). The highest BCUT2D eigenvalue weighted by atomic mass is 32.1. The third kappa shape index (κ3) is 2.99. The number of hydrogen-bond donors (Lipinski definition) is 2. The van der Waals surface area contributed by atoms with Gasteiger partial charge in [-0.15, -0.1) is 11.3 Å². The second kappa shape index (κ2) is 5.88. The van der Waals surface area contributed by atoms with Gasteiger partial charge in [0.05, 0.1) is 6.04 Å². The van der Waals surface area contributed by atoms with Crippen molar-refractivity contribution in [3.63, 3.8) is 0 Å². The highest BCUT2D eigenvalue weighted by molar-refractivity contribution is 7.09. The molecule has 2 rings (SSSR count). The number of carboxylic acids is 1. The first-order valence-corrected chi connectivity index (χ1v) is 7.53. The highest BCUT2D eigenvalue weighted by Gasteiger charge is 2.35. The van der Waals surface area contributed by atoms with Crippen LogP contribution >= 0.6 is 11.3 Å². The van der Waals surface area contributed by atoms with Gasteiger partial charge in [0.25, 0.3) is 5.91 Å². The van der Waals surface area contributed by atoms with E-state index in [4.69, 9.17) is 5.73 Å². The summed E-state index contributed by atoms with van der Waals surface area (Å²) in [7, 11) is 0. The zero-order valence-electron chi connectivity index (χ0n) is 11.6. The molecule has 1 aliphatic heterocycles. The Balaban J connectivity index is 2.19. The summed E-state index contributed by atoms with van der Waals surface area (Å²) in [4.78, 5) is 29.4. The molecule has 0 radical (unpaired) electrons. The molecule has 7 heteroatoms. The molecule has 1 aliphatic rings. The number of thiazole rings is 1. The number of rotatable bonds is 3. The molecule has 6 nitrogen and oxygen atoms in total. The number of hydrogen-bond acceptors (Lipinski definition) is 5. The first kappa shape index (κ1) is 14.9. The molecule has 0 aromatic carbocycles. The molecule has 1 aromatic rings. The first-order chi connectivity index (χ1) is 9.40. The summed E-state index contributed by atoms with van der Waals surface area (Å²) in [5, 5.41) is 11.6. The lowest BCUT2D eigenvalue weighted by Crippen LogP contribution is -2.49. The molecule has 110 valence electrons. The van der Waals surface area contributed by atoms with E-state index in [0.29, 0.717) is 29.6 Å². The zero-order valence-corrected chi connectivity index (χ0v) is 12.4. The van der Waals surface area contributed by atoms with E-state index in [0.717, 1.165) is 6.42 Å². The second-order valence-corrected chi connectivity index (χ2v) is 6.23. The first-order valence-electron chi connectivity index (χ1n) is 6.65. The third-order valence-corrected chi connectivity index (χ3v) is 4.59. The highest BCUT2D eigenvalue weighted by Crippen LogP contribution is 2.25. The molecule has 1 fully saturated rings. The van der Waals surface area contributed by atoms with Crippen LogP contribution in [0.5, 0.6) is 0 Å². The third-order valence-electron chi connectivity index (χ3n) is 3.54. The predicted octanol–water partition coefficient (Wildman–Crippen LogP) is 1.49. The minimum Gasteiger partial charge on any atom is -0.480 e. The van der Waals surface area contributed by atoms with Crippen LogP contribution in [-0.2, 0) is 4.79 Å². The maximum absolute atomic E-state index is 12.4. The molecule has 3 atom stereocenters. The quantitative estimate of drug-likeness (QED) is 0.881. The van der Waals surface area contributed by atoms with Crippen molar-refractivity contribution in [3.05, 3.63) is 16.1 Å². The van der Waals surface area contributed by atoms with Crippen molar-refractivity contribution < 1.29 is 14.7 Å². The number of nitrogens with zero attached hydrogens (tertiary/aromatic N) is 2. The fourth-order valence-corrected chi connectivity index (χ4v) is 3.11. The zero-order chi connectivity index (χ0) is 14.9. The van der Waals surface area contributed by atoms with E-state index in [9.17, 15) is 14.7 Å². The summed E-state index contributed by atoms with van der Waals surface area (Å²) < 4.78 is 0. The van der Waals surface area contributed by atoms with Gasteiger partial charge in [-0.25, -0.2) is 9.78 Å². The fraction of sp³-hybridized carbons (Fsp3) is 0.615. The predicted molar refractivity (Wildman–Crippen MR) is 75.6 cm³/mol. The van der Waals surface area contributed by atoms with Crippen molar-refractivity contribution in [2.24, 2.45) is 11.7 Å². The number of amides is 1. The van der Waals surface area contributed by atoms with Crippen LogP contribution in [0, 0.1) is 5.92 Å². The molecule has 1 aromatic heterocycles. The lowest BCUT2D eigenvalue weighted by molar-refractivity contribution is -0.144. The molecule has 3 unspecified atom stereocenters. The summed E-state index contributed by atoms with van der Waals surface area (Å²) in [6.07, 6.45) is 1.31. The van der Waals surface area contributed by atoms with E-state index in [1.807, 2.05) is 6.92 Å². The average Bonchev–Trinajstić information content (AvgIpc) is 2.87. The number of likely N-dealkylation sites (tertiary alicyclic amines) is 1. The van der Waals surface area contributed by atoms with E-state index in [-0.39, 0.29) is 11.9 Å². The Morgan fingerprint density at radius 3 is 2.85 bits per heavy atom. The number of carboxylic acid groups (broad SMARTS) is 1. The van der Waals surface area contributed by atoms with Crippen LogP contribution in [0.4, 0.5) is 0 Å². The van der Waals surface area contributed by atoms with Gasteiger partial charge in [-0.3, -0.25) is 4.79 Å². The van der Waals surface area contributed by atoms with E-state index >= 15 is 0 Å². The van der Waals surface area contributed by atoms with Gasteiger partial charge < -0.3 is 15.7 Å². The Bertz CT molecular complexity index is 515. The van der Waals surface area contributed by atoms with Gasteiger partial charge in [0.2, 0.25) is 0 Å². The van der Waals surface area contributed by atoms with Gasteiger partial charge >= 0.3 is 5.97 Å². The van der Waals surface area contributed by atoms with Crippen LogP contribution in [-0.4, -0.2) is 39.5 Å². The van der Waals surface area contributed by atoms with Crippen molar-refractivity contribution >= 4 is 23.2 Å². The van der Waals surface area contributed by atoms with Crippen LogP contribution < -0.4 is 5.73 Å². The van der Waals surface area contributed by atoms with Crippen LogP contribution in [0.2, 0.25) is 0 Å². The molecule has 3 N–H and O–H groups in total. The molecule has 20 heavy (non-hydrogen) atoms. The molecule has 0 spiro atoms. The number of piperidine rings is 1. The van der Waals surface area contributed by atoms with E-state index in [1.54, 1.807) is 12.3 Å². The molecule has 0 bridgehead atoms. The summed E-state index contributed by atoms with van der Waals surface area (Å²) in [5.41, 5.74) is 6.02. The normalized spacial score (nSPS) is 24.4. The van der Waals surface area contributed by atoms with Gasteiger partial charge in [-0.1, -0.05) is 6.92 Å². The Morgan fingerprint density at radius 1 is 1.60 bits per heavy atom. The second-order valence-electron chi connectivity index (χ2n) is 5.34. The topological polar surface area (TPSA) is 96.5 Å². The number of carbonyl (C=O) groups excluding carboxylic acids is 1. The Hall–Kier alpha value is -1.47. The Kier molecular flexibility index (Phi) is 4.39. The molecule has 2 heterocycles. The van der Waals surface area contributed by atoms with E-state index in [1.165, 1.54) is 16.2 Å². The summed E-state index contributed by atoms with van der Waals surface area (Å²) in [5.74, 6) is -0.949. The largest absolute Gasteiger partial charge is 0.480 e. The van der Waals surface area contributed by atoms with Crippen LogP contribution in [0.1, 0.15) is 48.2 Å². The van der Waals surface area contributed by atoms with Crippen molar-refractivity contribution in [3.8, 4) is 0 Å². The van der Waals surface area contributed by atoms with Gasteiger partial charge in [0.15, 0.2) is 0 Å². The summed E-state index contributed by atoms with van der Waals surface area (Å²) >= 11 is 1.33. The smallest absolute Gasteiger partial charge is 0.326 e. The summed E-state index contributed by atoms with van der Waals surface area (Å²) in [6, 6.07) is -0.982. The van der Waals surface area contributed by atoms with Crippen molar-refractivity contribution in [2.75, 3.05) is 6.54 Å². The average molecular weight is 297 g/mol. The molecule has 1 amide bonds. The van der Waals surface area contributed by atoms with Gasteiger partial charge in [-0.05, 0) is 25.7 Å². The van der Waals surface area contributed by atoms with Crippen molar-refractivity contribution in [2.45, 2.75) is 38.8 Å². The minimum absolute atomic E-state index is 0.224. The maximum Gasteiger partial charge on any atom is 0.326 e. The Labute approximate surface area is 121 Å². The van der Waals surface area contributed by atoms with Crippen molar-refractivity contribution in [1.29, 1.82) is 0 Å². The number of nitrogens with two attached hydrogens (primary N) is 1. The molecular weight excluding hydrogens is 278 g/mol. The summed E-state index contributed by atoms with van der Waals surface area (Å²) in [6.45, 7) is 4.27. The maximum atomic E-state index is 12.4. The van der Waals surface area contributed by atoms with E-state index in [2.05, 4.69) is 4.98 Å². The number of aliphatic carboxylic acids is 1. The van der Waals surface area contributed by atoms with Crippen LogP contribution in [0.3, 0.4) is 0 Å². The van der Waals surface area contributed by atoms with Crippen LogP contribution in [0.25, 0.3) is 0 Å². The van der Waals surface area contributed by atoms with Gasteiger partial charge in [0, 0.05) is 11.9 Å².